The van der Waals surface area contributed by atoms with Crippen molar-refractivity contribution < 1.29 is 4.79 Å². The van der Waals surface area contributed by atoms with Gasteiger partial charge in [-0.2, -0.15) is 0 Å². The molecule has 0 radical (unpaired) electrons. The zero-order valence-corrected chi connectivity index (χ0v) is 14.9. The Bertz CT molecular complexity index is 1080. The summed E-state index contributed by atoms with van der Waals surface area (Å²) in [6.07, 6.45) is 3.03. The van der Waals surface area contributed by atoms with Gasteiger partial charge in [-0.25, -0.2) is 9.67 Å². The summed E-state index contributed by atoms with van der Waals surface area (Å²) in [4.78, 5) is 23.2. The quantitative estimate of drug-likeness (QED) is 0.609. The van der Waals surface area contributed by atoms with Crippen molar-refractivity contribution in [2.24, 2.45) is 0 Å². The first-order chi connectivity index (χ1) is 13.3. The fourth-order valence-electron chi connectivity index (χ4n) is 3.90. The highest BCUT2D eigenvalue weighted by molar-refractivity contribution is 5.80. The second kappa shape index (κ2) is 6.50. The van der Waals surface area contributed by atoms with E-state index in [1.807, 2.05) is 53.4 Å². The first-order valence-electron chi connectivity index (χ1n) is 9.32. The van der Waals surface area contributed by atoms with Crippen LogP contribution in [0.15, 0.2) is 48.5 Å². The first-order valence-corrected chi connectivity index (χ1v) is 9.32. The number of benzene rings is 2. The molecule has 0 bridgehead atoms. The number of carbonyl (C=O) groups excluding carboxylic acids is 1. The molecule has 3 heterocycles. The average Bonchev–Trinajstić information content (AvgIpc) is 3.32. The maximum absolute atomic E-state index is 13.1. The van der Waals surface area contributed by atoms with Crippen LogP contribution in [0.1, 0.15) is 31.1 Å². The van der Waals surface area contributed by atoms with Crippen LogP contribution in [0.2, 0.25) is 0 Å². The SMILES string of the molecule is O=C(Cn1nnc2ccccc21)N1CCCCC1c1nc2ccccc2[nH]1. The molecule has 1 amide bonds. The van der Waals surface area contributed by atoms with Gasteiger partial charge in [0, 0.05) is 6.54 Å². The van der Waals surface area contributed by atoms with Gasteiger partial charge in [-0.3, -0.25) is 4.79 Å². The van der Waals surface area contributed by atoms with Gasteiger partial charge >= 0.3 is 0 Å². The molecule has 4 aromatic rings. The number of H-pyrrole nitrogens is 1. The van der Waals surface area contributed by atoms with Gasteiger partial charge in [0.15, 0.2) is 0 Å². The maximum atomic E-state index is 13.1. The van der Waals surface area contributed by atoms with E-state index >= 15 is 0 Å². The number of nitrogens with zero attached hydrogens (tertiary/aromatic N) is 5. The highest BCUT2D eigenvalue weighted by Gasteiger charge is 2.30. The van der Waals surface area contributed by atoms with Crippen LogP contribution >= 0.6 is 0 Å². The van der Waals surface area contributed by atoms with Crippen LogP contribution in [0.3, 0.4) is 0 Å². The molecule has 1 unspecified atom stereocenters. The monoisotopic (exact) mass is 360 g/mol. The predicted molar refractivity (Wildman–Crippen MR) is 102 cm³/mol. The summed E-state index contributed by atoms with van der Waals surface area (Å²) in [5.74, 6) is 0.920. The number of amides is 1. The third kappa shape index (κ3) is 2.85. The molecule has 136 valence electrons. The molecule has 1 saturated heterocycles. The van der Waals surface area contributed by atoms with Crippen LogP contribution in [-0.2, 0) is 11.3 Å². The Kier molecular flexibility index (Phi) is 3.85. The molecule has 0 aliphatic carbocycles. The fourth-order valence-corrected chi connectivity index (χ4v) is 3.90. The Labute approximate surface area is 156 Å². The molecule has 5 rings (SSSR count). The summed E-state index contributed by atoms with van der Waals surface area (Å²) >= 11 is 0. The lowest BCUT2D eigenvalue weighted by molar-refractivity contribution is -0.136. The molecule has 0 saturated carbocycles. The fraction of sp³-hybridized carbons (Fsp3) is 0.300. The third-order valence-electron chi connectivity index (χ3n) is 5.25. The van der Waals surface area contributed by atoms with Crippen molar-refractivity contribution in [3.05, 3.63) is 54.4 Å². The molecule has 2 aromatic heterocycles. The molecule has 7 nitrogen and oxygen atoms in total. The minimum atomic E-state index is -0.0200. The standard InChI is InChI=1S/C20H20N6O/c27-19(13-26-17-10-4-3-9-16(17)23-24-26)25-12-6-5-11-18(25)20-21-14-7-1-2-8-15(14)22-20/h1-4,7-10,18H,5-6,11-13H2,(H,21,22). The summed E-state index contributed by atoms with van der Waals surface area (Å²) < 4.78 is 1.68. The second-order valence-corrected chi connectivity index (χ2v) is 6.97. The molecule has 2 aromatic carbocycles. The van der Waals surface area contributed by atoms with Crippen LogP contribution in [0.25, 0.3) is 22.1 Å². The van der Waals surface area contributed by atoms with Gasteiger partial charge in [0.1, 0.15) is 17.9 Å². The molecule has 0 spiro atoms. The number of carbonyl (C=O) groups is 1. The smallest absolute Gasteiger partial charge is 0.245 e. The largest absolute Gasteiger partial charge is 0.340 e. The van der Waals surface area contributed by atoms with Crippen molar-refractivity contribution >= 4 is 28.0 Å². The topological polar surface area (TPSA) is 79.7 Å². The number of para-hydroxylation sites is 3. The molecule has 1 N–H and O–H groups in total. The van der Waals surface area contributed by atoms with Gasteiger partial charge in [0.25, 0.3) is 0 Å². The van der Waals surface area contributed by atoms with Gasteiger partial charge < -0.3 is 9.88 Å². The van der Waals surface area contributed by atoms with Crippen molar-refractivity contribution in [1.82, 2.24) is 29.9 Å². The summed E-state index contributed by atoms with van der Waals surface area (Å²) in [5, 5.41) is 8.30. The van der Waals surface area contributed by atoms with Crippen molar-refractivity contribution in [2.75, 3.05) is 6.54 Å². The van der Waals surface area contributed by atoms with E-state index in [0.717, 1.165) is 53.7 Å². The number of rotatable bonds is 3. The summed E-state index contributed by atoms with van der Waals surface area (Å²) in [5.41, 5.74) is 3.63. The van der Waals surface area contributed by atoms with E-state index in [1.54, 1.807) is 4.68 Å². The highest BCUT2D eigenvalue weighted by Crippen LogP contribution is 2.30. The average molecular weight is 360 g/mol. The molecule has 7 heteroatoms. The molecule has 27 heavy (non-hydrogen) atoms. The molecule has 1 aliphatic rings. The number of aromatic amines is 1. The number of fused-ring (bicyclic) bond motifs is 2. The van der Waals surface area contributed by atoms with Crippen LogP contribution in [0.4, 0.5) is 0 Å². The Morgan fingerprint density at radius 1 is 1.07 bits per heavy atom. The minimum Gasteiger partial charge on any atom is -0.340 e. The van der Waals surface area contributed by atoms with Crippen molar-refractivity contribution in [3.63, 3.8) is 0 Å². The van der Waals surface area contributed by atoms with Crippen LogP contribution < -0.4 is 0 Å². The third-order valence-corrected chi connectivity index (χ3v) is 5.25. The van der Waals surface area contributed by atoms with E-state index in [9.17, 15) is 4.79 Å². The predicted octanol–water partition coefficient (Wildman–Crippen LogP) is 3.06. The molecule has 1 aliphatic heterocycles. The number of hydrogen-bond acceptors (Lipinski definition) is 4. The highest BCUT2D eigenvalue weighted by atomic mass is 16.2. The van der Waals surface area contributed by atoms with Gasteiger partial charge in [-0.1, -0.05) is 29.5 Å². The van der Waals surface area contributed by atoms with Gasteiger partial charge in [0.2, 0.25) is 5.91 Å². The Morgan fingerprint density at radius 3 is 2.78 bits per heavy atom. The van der Waals surface area contributed by atoms with Gasteiger partial charge in [-0.05, 0) is 43.5 Å². The number of likely N-dealkylation sites (tertiary alicyclic amines) is 1. The zero-order valence-electron chi connectivity index (χ0n) is 14.9. The number of piperidine rings is 1. The Balaban J connectivity index is 1.43. The Hall–Kier alpha value is -3.22. The van der Waals surface area contributed by atoms with Gasteiger partial charge in [-0.15, -0.1) is 5.10 Å². The summed E-state index contributed by atoms with van der Waals surface area (Å²) in [7, 11) is 0. The van der Waals surface area contributed by atoms with E-state index in [4.69, 9.17) is 4.98 Å². The number of hydrogen-bond donors (Lipinski definition) is 1. The normalized spacial score (nSPS) is 17.6. The molecular weight excluding hydrogens is 340 g/mol. The first kappa shape index (κ1) is 16.0. The summed E-state index contributed by atoms with van der Waals surface area (Å²) in [6, 6.07) is 15.7. The number of nitrogens with one attached hydrogen (secondary N) is 1. The number of imidazole rings is 1. The lowest BCUT2D eigenvalue weighted by Gasteiger charge is -2.34. The van der Waals surface area contributed by atoms with E-state index in [1.165, 1.54) is 0 Å². The van der Waals surface area contributed by atoms with E-state index in [0.29, 0.717) is 0 Å². The van der Waals surface area contributed by atoms with Crippen LogP contribution in [-0.4, -0.2) is 42.3 Å². The van der Waals surface area contributed by atoms with Crippen molar-refractivity contribution in [1.29, 1.82) is 0 Å². The van der Waals surface area contributed by atoms with Crippen molar-refractivity contribution in [3.8, 4) is 0 Å². The van der Waals surface area contributed by atoms with Crippen LogP contribution in [0.5, 0.6) is 0 Å². The zero-order chi connectivity index (χ0) is 18.2. The maximum Gasteiger partial charge on any atom is 0.245 e. The van der Waals surface area contributed by atoms with E-state index < -0.39 is 0 Å². The Morgan fingerprint density at radius 2 is 1.89 bits per heavy atom. The van der Waals surface area contributed by atoms with Crippen LogP contribution in [0, 0.1) is 0 Å². The van der Waals surface area contributed by atoms with Crippen molar-refractivity contribution in [2.45, 2.75) is 31.8 Å². The second-order valence-electron chi connectivity index (χ2n) is 6.97. The molecule has 1 atom stereocenters. The number of aromatic nitrogens is 5. The summed E-state index contributed by atoms with van der Waals surface area (Å²) in [6.45, 7) is 0.935. The van der Waals surface area contributed by atoms with Gasteiger partial charge in [0.05, 0.1) is 22.6 Å². The lowest BCUT2D eigenvalue weighted by Crippen LogP contribution is -2.40. The minimum absolute atomic E-state index is 0.0200. The lowest BCUT2D eigenvalue weighted by atomic mass is 10.0. The van der Waals surface area contributed by atoms with E-state index in [-0.39, 0.29) is 18.5 Å². The molecular formula is C20H20N6O. The van der Waals surface area contributed by atoms with E-state index in [2.05, 4.69) is 15.3 Å². The molecule has 1 fully saturated rings.